The molecule has 604 valence electrons. The fourth-order valence-electron chi connectivity index (χ4n) is 16.4. The number of aromatic nitrogens is 9. The van der Waals surface area contributed by atoms with Gasteiger partial charge in [-0.2, -0.15) is 0 Å². The number of benzene rings is 19. The van der Waals surface area contributed by atoms with Crippen molar-refractivity contribution in [3.63, 3.8) is 0 Å². The van der Waals surface area contributed by atoms with Crippen LogP contribution in [0.3, 0.4) is 0 Å². The first-order chi connectivity index (χ1) is 70.1. The molecule has 6 heterocycles. The lowest BCUT2D eigenvalue weighted by atomic mass is 9.99. The molecule has 0 aliphatic carbocycles. The fourth-order valence-corrected chi connectivity index (χ4v) is 16.4. The molecule has 129 heavy (non-hydrogen) atoms. The first kappa shape index (κ1) is 61.6. The Bertz CT molecular complexity index is 9430. The van der Waals surface area contributed by atoms with Gasteiger partial charge in [0.2, 0.25) is 0 Å². The molecule has 0 bridgehead atoms. The van der Waals surface area contributed by atoms with Crippen molar-refractivity contribution in [2.75, 3.05) is 0 Å². The van der Waals surface area contributed by atoms with Crippen molar-refractivity contribution in [2.45, 2.75) is 0 Å². The molecule has 0 saturated carbocycles. The molecule has 0 aliphatic rings. The van der Waals surface area contributed by atoms with Crippen molar-refractivity contribution in [3.05, 3.63) is 442 Å². The zero-order chi connectivity index (χ0) is 98.6. The molecule has 0 saturated heterocycles. The fraction of sp³-hybridized carbons (Fsp3) is 0. The highest BCUT2D eigenvalue weighted by atomic mass is 16.3. The Morgan fingerprint density at radius 3 is 0.853 bits per heavy atom. The van der Waals surface area contributed by atoms with Crippen LogP contribution in [0.4, 0.5) is 0 Å². The standard InChI is InChI=1S/C43H27N3O.2C37H23N3O/c1-3-10-28(11-4-1)29-18-20-30(21-19-29)31-22-24-33(25-23-31)42-44-41(32-12-5-2-6-13-32)45-43(46-42)36-16-9-17-38-40(36)37-26-34-14-7-8-15-35(34)27-39(37)47-38;1-3-10-24(11-4-1)25-18-20-27(21-19-25)36-38-35(26-12-5-2-6-13-26)39-37(40-36)31-17-9-16-30-32-22-28-14-7-8-15-29(28)23-33(32)41-34(30)31;1-3-9-24(10-4-1)25-15-17-27(18-16-25)36-38-35(26-11-5-2-6-12-26)39-37(40-36)30-19-20-31-32-21-28-13-7-8-14-29(28)22-34(32)41-33(31)23-30/h1-27H;2*1-23H/i2*2D,5D,6D,12D,13D;2D,5D,6D,11D,12D. The molecule has 0 atom stereocenters. The van der Waals surface area contributed by atoms with Crippen molar-refractivity contribution in [3.8, 4) is 147 Å². The summed E-state index contributed by atoms with van der Waals surface area (Å²) in [6.07, 6.45) is 0. The van der Waals surface area contributed by atoms with Crippen molar-refractivity contribution < 1.29 is 33.8 Å². The van der Waals surface area contributed by atoms with E-state index in [1.807, 2.05) is 279 Å². The third-order valence-electron chi connectivity index (χ3n) is 22.9. The predicted molar refractivity (Wildman–Crippen MR) is 525 cm³/mol. The molecule has 25 rings (SSSR count). The summed E-state index contributed by atoms with van der Waals surface area (Å²) in [6, 6.07) is 109. The van der Waals surface area contributed by atoms with Crippen LogP contribution in [0, 0.1) is 0 Å². The molecule has 0 unspecified atom stereocenters. The van der Waals surface area contributed by atoms with Gasteiger partial charge < -0.3 is 13.3 Å². The summed E-state index contributed by atoms with van der Waals surface area (Å²) in [7, 11) is 0. The Morgan fingerprint density at radius 1 is 0.163 bits per heavy atom. The monoisotopic (exact) mass is 1670 g/mol. The number of furan rings is 3. The SMILES string of the molecule is [2H]c1c([2H])c([2H])c(-c2nc(-c3ccc(-c4ccc(-c5ccccc5)cc4)cc3)nc(-c3cccc4oc5cc6ccccc6cc5c34)n2)c([2H])c1[2H].[2H]c1c([2H])c([2H])c(-c2nc(-c3ccc(-c4ccccc4)cc3)nc(-c3ccc4c(c3)oc3cc5ccccc5cc34)n2)c([2H])c1[2H].[2H]c1c([2H])c([2H])c(-c2nc(-c3ccc(-c4ccccc4)cc3)nc(-c3cccc4c3oc3cc5ccccc5cc34)n2)c([2H])c1[2H]. The van der Waals surface area contributed by atoms with Gasteiger partial charge in [-0.3, -0.25) is 0 Å². The van der Waals surface area contributed by atoms with Crippen molar-refractivity contribution in [1.82, 2.24) is 44.9 Å². The zero-order valence-corrected chi connectivity index (χ0v) is 68.2. The minimum atomic E-state index is -0.484. The molecule has 25 aromatic rings. The third kappa shape index (κ3) is 15.2. The maximum Gasteiger partial charge on any atom is 0.167 e. The second-order valence-corrected chi connectivity index (χ2v) is 30.8. The molecule has 12 nitrogen and oxygen atoms in total. The summed E-state index contributed by atoms with van der Waals surface area (Å²) in [4.78, 5) is 42.9. The van der Waals surface area contributed by atoms with Crippen LogP contribution in [0.15, 0.2) is 456 Å². The van der Waals surface area contributed by atoms with Crippen LogP contribution in [0.5, 0.6) is 0 Å². The lowest BCUT2D eigenvalue weighted by Crippen LogP contribution is -2.00. The van der Waals surface area contributed by atoms with E-state index in [4.69, 9.17) is 63.7 Å². The second-order valence-electron chi connectivity index (χ2n) is 30.8. The van der Waals surface area contributed by atoms with Crippen LogP contribution in [0.2, 0.25) is 0 Å². The molecule has 0 N–H and O–H groups in total. The highest BCUT2D eigenvalue weighted by molar-refractivity contribution is 6.16. The molecular weight excluding hydrogens is 1580 g/mol. The van der Waals surface area contributed by atoms with Gasteiger partial charge in [0.05, 0.1) is 26.1 Å². The third-order valence-corrected chi connectivity index (χ3v) is 22.9. The number of rotatable bonds is 13. The molecular formula is C117H73N9O3. The largest absolute Gasteiger partial charge is 0.456 e. The van der Waals surface area contributed by atoms with E-state index in [0.717, 1.165) is 120 Å². The maximum atomic E-state index is 8.72. The highest BCUT2D eigenvalue weighted by Crippen LogP contribution is 2.43. The summed E-state index contributed by atoms with van der Waals surface area (Å²) < 4.78 is 145. The minimum Gasteiger partial charge on any atom is -0.456 e. The van der Waals surface area contributed by atoms with E-state index in [0.29, 0.717) is 73.2 Å². The van der Waals surface area contributed by atoms with Crippen LogP contribution in [0.1, 0.15) is 20.6 Å². The molecule has 12 heteroatoms. The quantitative estimate of drug-likeness (QED) is 0.108. The van der Waals surface area contributed by atoms with Crippen molar-refractivity contribution in [2.24, 2.45) is 0 Å². The van der Waals surface area contributed by atoms with Crippen LogP contribution in [0.25, 0.3) is 245 Å². The van der Waals surface area contributed by atoms with Crippen LogP contribution >= 0.6 is 0 Å². The van der Waals surface area contributed by atoms with Crippen LogP contribution in [-0.4, -0.2) is 44.9 Å². The molecule has 19 aromatic carbocycles. The Kier molecular flexibility index (Phi) is 15.9. The Balaban J connectivity index is 0.000000120. The van der Waals surface area contributed by atoms with E-state index in [1.165, 1.54) is 0 Å². The van der Waals surface area contributed by atoms with E-state index in [1.54, 1.807) is 0 Å². The minimum absolute atomic E-state index is 0.0138. The van der Waals surface area contributed by atoms with Gasteiger partial charge in [0, 0.05) is 76.8 Å². The average Bonchev–Trinajstić information content (AvgIpc) is 1.71. The Morgan fingerprint density at radius 2 is 0.442 bits per heavy atom. The highest BCUT2D eigenvalue weighted by Gasteiger charge is 2.23. The van der Waals surface area contributed by atoms with Crippen LogP contribution in [-0.2, 0) is 0 Å². The van der Waals surface area contributed by atoms with E-state index in [-0.39, 0.29) is 87.9 Å². The van der Waals surface area contributed by atoms with Gasteiger partial charge in [-0.15, -0.1) is 0 Å². The summed E-state index contributed by atoms with van der Waals surface area (Å²) >= 11 is 0. The maximum absolute atomic E-state index is 8.72. The topological polar surface area (TPSA) is 155 Å². The van der Waals surface area contributed by atoms with E-state index in [9.17, 15) is 0 Å². The van der Waals surface area contributed by atoms with Gasteiger partial charge in [0.1, 0.15) is 33.5 Å². The number of fused-ring (bicyclic) bond motifs is 12. The van der Waals surface area contributed by atoms with Gasteiger partial charge in [0.25, 0.3) is 0 Å². The summed E-state index contributed by atoms with van der Waals surface area (Å²) in [5.41, 5.74) is 16.2. The smallest absolute Gasteiger partial charge is 0.167 e. The molecule has 0 aliphatic heterocycles. The average molecular weight is 1670 g/mol. The Labute approximate surface area is 762 Å². The number of hydrogen-bond donors (Lipinski definition) is 0. The summed E-state index contributed by atoms with van der Waals surface area (Å²) in [5, 5.41) is 11.9. The Hall–Kier alpha value is -17.6. The second kappa shape index (κ2) is 33.2. The van der Waals surface area contributed by atoms with Crippen molar-refractivity contribution in [1.29, 1.82) is 0 Å². The summed E-state index contributed by atoms with van der Waals surface area (Å²) in [5.74, 6) is 1.67. The van der Waals surface area contributed by atoms with E-state index in [2.05, 4.69) is 87.7 Å². The van der Waals surface area contributed by atoms with Crippen LogP contribution < -0.4 is 0 Å². The lowest BCUT2D eigenvalue weighted by Gasteiger charge is -2.10. The molecule has 0 fully saturated rings. The molecule has 0 spiro atoms. The van der Waals surface area contributed by atoms with Gasteiger partial charge in [-0.1, -0.05) is 382 Å². The van der Waals surface area contributed by atoms with Gasteiger partial charge in [-0.05, 0) is 137 Å². The van der Waals surface area contributed by atoms with Gasteiger partial charge in [-0.25, -0.2) is 44.9 Å². The molecule has 6 aromatic heterocycles. The predicted octanol–water partition coefficient (Wildman–Crippen LogP) is 30.4. The lowest BCUT2D eigenvalue weighted by molar-refractivity contribution is 0.669. The first-order valence-corrected chi connectivity index (χ1v) is 41.7. The number of para-hydroxylation sites is 1. The normalized spacial score (nSPS) is 13.0. The van der Waals surface area contributed by atoms with Gasteiger partial charge in [0.15, 0.2) is 52.4 Å². The number of nitrogens with zero attached hydrogens (tertiary/aromatic N) is 9. The van der Waals surface area contributed by atoms with Gasteiger partial charge >= 0.3 is 0 Å². The summed E-state index contributed by atoms with van der Waals surface area (Å²) in [6.45, 7) is 0. The first-order valence-electron chi connectivity index (χ1n) is 49.2. The van der Waals surface area contributed by atoms with E-state index >= 15 is 0 Å². The zero-order valence-electron chi connectivity index (χ0n) is 83.2. The number of hydrogen-bond acceptors (Lipinski definition) is 12. The molecule has 0 radical (unpaired) electrons. The van der Waals surface area contributed by atoms with Crippen molar-refractivity contribution >= 4 is 98.1 Å². The van der Waals surface area contributed by atoms with E-state index < -0.39 is 54.4 Å². The molecule has 0 amide bonds.